The van der Waals surface area contributed by atoms with Crippen LogP contribution >= 0.6 is 0 Å². The van der Waals surface area contributed by atoms with Gasteiger partial charge in [-0.05, 0) is 73.8 Å². The summed E-state index contributed by atoms with van der Waals surface area (Å²) in [7, 11) is 2.04. The minimum Gasteiger partial charge on any atom is -0.469 e. The molecule has 2 unspecified atom stereocenters. The summed E-state index contributed by atoms with van der Waals surface area (Å²) < 4.78 is 118. The number of hydrazine groups is 1. The summed E-state index contributed by atoms with van der Waals surface area (Å²) in [4.78, 5) is 67.6. The zero-order chi connectivity index (χ0) is 56.1. The lowest BCUT2D eigenvalue weighted by Crippen LogP contribution is -2.62. The number of aliphatic hydroxyl groups is 1. The molecule has 3 N–H and O–H groups in total. The van der Waals surface area contributed by atoms with Gasteiger partial charge in [-0.15, -0.1) is 0 Å². The molecule has 3 fully saturated rings. The highest BCUT2D eigenvalue weighted by atomic mass is 19.4. The minimum atomic E-state index is -5.04. The van der Waals surface area contributed by atoms with Crippen LogP contribution in [-0.2, 0) is 48.1 Å². The molecule has 2 bridgehead atoms. The molecule has 77 heavy (non-hydrogen) atoms. The number of anilines is 1. The van der Waals surface area contributed by atoms with E-state index in [1.165, 1.54) is 12.3 Å². The fraction of sp³-hybridized carbons (Fsp3) is 0.566. The number of ketones is 1. The van der Waals surface area contributed by atoms with Crippen molar-refractivity contribution in [2.75, 3.05) is 52.0 Å². The number of rotatable bonds is 22. The van der Waals surface area contributed by atoms with E-state index in [2.05, 4.69) is 25.1 Å². The first-order valence-corrected chi connectivity index (χ1v) is 25.3. The molecule has 2 aromatic heterocycles. The molecule has 0 saturated carbocycles. The number of hydrogen-bond donors (Lipinski definition) is 3. The van der Waals surface area contributed by atoms with Crippen molar-refractivity contribution in [2.24, 2.45) is 22.7 Å². The highest BCUT2D eigenvalue weighted by Crippen LogP contribution is 2.42. The summed E-state index contributed by atoms with van der Waals surface area (Å²) in [6.07, 6.45) is -5.51. The molecule has 2 amide bonds. The van der Waals surface area contributed by atoms with Crippen molar-refractivity contribution in [1.29, 1.82) is 0 Å². The van der Waals surface area contributed by atoms with Crippen LogP contribution < -0.4 is 15.6 Å². The monoisotopic (exact) mass is 1090 g/mol. The Balaban J connectivity index is 1.18. The molecule has 0 spiro atoms. The van der Waals surface area contributed by atoms with Crippen LogP contribution in [0.4, 0.5) is 41.5 Å². The third-order valence-corrected chi connectivity index (χ3v) is 14.9. The van der Waals surface area contributed by atoms with E-state index in [9.17, 15) is 46.2 Å². The first kappa shape index (κ1) is 58.4. The summed E-state index contributed by atoms with van der Waals surface area (Å²) in [5.41, 5.74) is -0.128. The Morgan fingerprint density at radius 1 is 0.857 bits per heavy atom. The van der Waals surface area contributed by atoms with Crippen molar-refractivity contribution in [3.8, 4) is 22.4 Å². The second-order valence-corrected chi connectivity index (χ2v) is 21.7. The average molecular weight is 1090 g/mol. The molecular weight excluding hydrogens is 1020 g/mol. The van der Waals surface area contributed by atoms with Crippen molar-refractivity contribution in [1.82, 2.24) is 40.4 Å². The largest absolute Gasteiger partial charge is 0.469 e. The fourth-order valence-electron chi connectivity index (χ4n) is 10.2. The van der Waals surface area contributed by atoms with Gasteiger partial charge in [-0.25, -0.2) is 37.3 Å². The number of aliphatic hydroxyl groups excluding tert-OH is 1. The van der Waals surface area contributed by atoms with Crippen molar-refractivity contribution in [2.45, 2.75) is 123 Å². The number of piperazine rings is 1. The number of halogens is 7. The number of nitrogens with zero attached hydrogens (tertiary/aromatic N) is 7. The number of alkyl carbamates (subject to hydrolysis) is 1. The van der Waals surface area contributed by atoms with Crippen molar-refractivity contribution in [3.63, 3.8) is 0 Å². The second kappa shape index (κ2) is 24.2. The maximum absolute atomic E-state index is 16.1. The van der Waals surface area contributed by atoms with Gasteiger partial charge >= 0.3 is 18.2 Å². The Morgan fingerprint density at radius 3 is 2.01 bits per heavy atom. The number of nitrogens with one attached hydrogen (secondary N) is 2. The standard InChI is InChI=1S/C53H66F7N9O8/c1-51(2,3)39(20-46(72)75-6)48(73)65-68(25-38-40(54)17-32(18-41(38)55)42-14-15-67(64-42)27-45(56)57)26-44(71)33(19-43(70)47(63-50(74)76-7)52(4,5)53(58,59)60)16-30-8-10-31(11-9-30)34-21-61-49(62-22-34)66-23-35-12-13-36(24-66)69(35)37-28-77-29-37/h8-11,14-15,17-18,21-22,33,35-37,39,44-45,47,71H,12-13,16,19-20,23-29H2,1-7H3,(H,63,74)(H,65,73)/t33-,35?,36?,39-,44+,47-/m1/s1. The van der Waals surface area contributed by atoms with Gasteiger partial charge in [-0.3, -0.25) is 29.4 Å². The van der Waals surface area contributed by atoms with Crippen molar-refractivity contribution >= 4 is 29.7 Å². The lowest BCUT2D eigenvalue weighted by molar-refractivity contribution is -0.220. The van der Waals surface area contributed by atoms with Crippen LogP contribution in [0.25, 0.3) is 22.4 Å². The van der Waals surface area contributed by atoms with E-state index in [4.69, 9.17) is 19.4 Å². The third kappa shape index (κ3) is 14.1. The number of alkyl halides is 5. The van der Waals surface area contributed by atoms with E-state index in [1.807, 2.05) is 5.32 Å². The Kier molecular flexibility index (Phi) is 18.4. The van der Waals surface area contributed by atoms with Gasteiger partial charge in [0.2, 0.25) is 11.9 Å². The van der Waals surface area contributed by atoms with Crippen molar-refractivity contribution < 1.29 is 69.2 Å². The highest BCUT2D eigenvalue weighted by Gasteiger charge is 2.56. The maximum Gasteiger partial charge on any atom is 0.407 e. The molecule has 17 nitrogen and oxygen atoms in total. The van der Waals surface area contributed by atoms with Gasteiger partial charge in [0.1, 0.15) is 24.2 Å². The van der Waals surface area contributed by atoms with Crippen LogP contribution in [-0.4, -0.2) is 148 Å². The zero-order valence-electron chi connectivity index (χ0n) is 44.0. The molecule has 24 heteroatoms. The normalized spacial score (nSPS) is 18.9. The van der Waals surface area contributed by atoms with E-state index >= 15 is 8.78 Å². The molecular formula is C53H66F7N9O8. The first-order valence-electron chi connectivity index (χ1n) is 25.3. The molecule has 3 saturated heterocycles. The molecule has 0 aliphatic carbocycles. The molecule has 3 aliphatic heterocycles. The van der Waals surface area contributed by atoms with Gasteiger partial charge in [0, 0.05) is 80.0 Å². The Bertz CT molecular complexity index is 2660. The average Bonchev–Trinajstić information content (AvgIpc) is 3.93. The van der Waals surface area contributed by atoms with Crippen LogP contribution in [0.3, 0.4) is 0 Å². The predicted octanol–water partition coefficient (Wildman–Crippen LogP) is 7.15. The van der Waals surface area contributed by atoms with Gasteiger partial charge < -0.3 is 29.5 Å². The molecule has 3 aliphatic rings. The predicted molar refractivity (Wildman–Crippen MR) is 267 cm³/mol. The highest BCUT2D eigenvalue weighted by molar-refractivity contribution is 5.88. The van der Waals surface area contributed by atoms with Crippen LogP contribution in [0.5, 0.6) is 0 Å². The maximum atomic E-state index is 16.1. The van der Waals surface area contributed by atoms with Gasteiger partial charge in [0.25, 0.3) is 6.43 Å². The summed E-state index contributed by atoms with van der Waals surface area (Å²) >= 11 is 0. The third-order valence-electron chi connectivity index (χ3n) is 14.9. The number of methoxy groups -OCH3 is 2. The van der Waals surface area contributed by atoms with Crippen LogP contribution in [0.15, 0.2) is 61.1 Å². The topological polar surface area (TPSA) is 194 Å². The van der Waals surface area contributed by atoms with E-state index in [0.29, 0.717) is 40.8 Å². The summed E-state index contributed by atoms with van der Waals surface area (Å²) in [6, 6.07) is 8.93. The molecule has 5 heterocycles. The van der Waals surface area contributed by atoms with Gasteiger partial charge in [-0.1, -0.05) is 45.0 Å². The fourth-order valence-corrected chi connectivity index (χ4v) is 10.2. The van der Waals surface area contributed by atoms with Crippen LogP contribution in [0.2, 0.25) is 0 Å². The lowest BCUT2D eigenvalue weighted by atomic mass is 9.77. The number of amides is 2. The molecule has 0 radical (unpaired) electrons. The molecule has 6 atom stereocenters. The van der Waals surface area contributed by atoms with Gasteiger partial charge in [0.05, 0.1) is 63.0 Å². The minimum absolute atomic E-state index is 0.0292. The van der Waals surface area contributed by atoms with E-state index < -0.39 is 121 Å². The molecule has 7 rings (SSSR count). The molecule has 420 valence electrons. The number of ether oxygens (including phenoxy) is 3. The molecule has 4 aromatic rings. The number of fused-ring (bicyclic) bond motifs is 2. The number of hydrogen-bond acceptors (Lipinski definition) is 14. The smallest absolute Gasteiger partial charge is 0.407 e. The van der Waals surface area contributed by atoms with Gasteiger partial charge in [-0.2, -0.15) is 18.3 Å². The van der Waals surface area contributed by atoms with E-state index in [-0.39, 0.29) is 17.7 Å². The van der Waals surface area contributed by atoms with E-state index in [1.54, 1.807) is 57.4 Å². The number of Topliss-reactive ketones (excluding diaryl/α,β-unsaturated/α-hetero) is 1. The molecule has 2 aromatic carbocycles. The Morgan fingerprint density at radius 2 is 1.48 bits per heavy atom. The van der Waals surface area contributed by atoms with E-state index in [0.717, 1.165) is 89.0 Å². The summed E-state index contributed by atoms with van der Waals surface area (Å²) in [5, 5.41) is 19.2. The Labute approximate surface area is 441 Å². The first-order chi connectivity index (χ1) is 36.3. The summed E-state index contributed by atoms with van der Waals surface area (Å²) in [5.74, 6) is -6.89. The number of carbonyl (C=O) groups is 4. The SMILES string of the molecule is COC(=O)C[C@H](C(=O)NN(Cc1c(F)cc(-c2ccn(CC(F)F)n2)cc1F)C[C@H](O)[C@@H](CC(=O)[C@@H](NC(=O)OC)C(C)(C)C(F)(F)F)Cc1ccc(-c2cnc(N3CC4CCC(C3)N4C3COC3)nc2)cc1)C(C)(C)C. The van der Waals surface area contributed by atoms with Gasteiger partial charge in [0.15, 0.2) is 5.78 Å². The number of aromatic nitrogens is 4. The number of carbonyl (C=O) groups excluding carboxylic acids is 4. The van der Waals surface area contributed by atoms with Crippen molar-refractivity contribution in [3.05, 3.63) is 83.8 Å². The van der Waals surface area contributed by atoms with Crippen LogP contribution in [0, 0.1) is 34.3 Å². The zero-order valence-corrected chi connectivity index (χ0v) is 44.0. The summed E-state index contributed by atoms with van der Waals surface area (Å²) in [6.45, 7) is 7.24. The van der Waals surface area contributed by atoms with Crippen LogP contribution in [0.1, 0.15) is 71.4 Å². The quantitative estimate of drug-likeness (QED) is 0.0408. The number of benzene rings is 2. The number of esters is 1. The Hall–Kier alpha value is -6.24. The lowest BCUT2D eigenvalue weighted by Gasteiger charge is -2.47. The second-order valence-electron chi connectivity index (χ2n) is 21.7.